The van der Waals surface area contributed by atoms with E-state index in [1.54, 1.807) is 0 Å². The molecule has 0 aromatic heterocycles. The molecule has 4 fully saturated rings. The van der Waals surface area contributed by atoms with E-state index in [4.69, 9.17) is 0 Å². The number of carbonyl (C=O) groups excluding carboxylic acids is 2. The fourth-order valence-corrected chi connectivity index (χ4v) is 5.95. The first-order valence-corrected chi connectivity index (χ1v) is 9.68. The number of benzene rings is 1. The Labute approximate surface area is 149 Å². The molecule has 2 amide bonds. The van der Waals surface area contributed by atoms with E-state index in [1.807, 2.05) is 30.3 Å². The van der Waals surface area contributed by atoms with Crippen LogP contribution in [0.25, 0.3) is 0 Å². The molecule has 5 rings (SSSR count). The molecule has 4 aliphatic carbocycles. The van der Waals surface area contributed by atoms with Gasteiger partial charge in [0, 0.05) is 13.0 Å². The highest BCUT2D eigenvalue weighted by atomic mass is 16.2. The molecule has 0 spiro atoms. The van der Waals surface area contributed by atoms with Crippen molar-refractivity contribution in [2.45, 2.75) is 51.5 Å². The predicted octanol–water partition coefficient (Wildman–Crippen LogP) is 3.03. The number of amides is 2. The van der Waals surface area contributed by atoms with Crippen LogP contribution in [0.2, 0.25) is 0 Å². The Morgan fingerprint density at radius 3 is 2.08 bits per heavy atom. The highest BCUT2D eigenvalue weighted by Gasteiger charge is 2.51. The molecule has 4 aliphatic rings. The summed E-state index contributed by atoms with van der Waals surface area (Å²) in [5, 5.41) is 5.70. The van der Waals surface area contributed by atoms with Gasteiger partial charge in [-0.15, -0.1) is 0 Å². The summed E-state index contributed by atoms with van der Waals surface area (Å²) in [6.45, 7) is 0.586. The summed E-state index contributed by atoms with van der Waals surface area (Å²) < 4.78 is 0. The first-order chi connectivity index (χ1) is 12.1. The van der Waals surface area contributed by atoms with E-state index in [2.05, 4.69) is 10.6 Å². The van der Waals surface area contributed by atoms with Gasteiger partial charge in [-0.25, -0.2) is 0 Å². The van der Waals surface area contributed by atoms with Crippen LogP contribution in [-0.2, 0) is 16.1 Å². The Balaban J connectivity index is 1.22. The van der Waals surface area contributed by atoms with Crippen molar-refractivity contribution in [1.29, 1.82) is 0 Å². The van der Waals surface area contributed by atoms with Crippen LogP contribution in [0.4, 0.5) is 0 Å². The van der Waals surface area contributed by atoms with Crippen LogP contribution < -0.4 is 10.6 Å². The molecule has 4 heteroatoms. The molecule has 2 N–H and O–H groups in total. The van der Waals surface area contributed by atoms with Crippen molar-refractivity contribution in [3.63, 3.8) is 0 Å². The van der Waals surface area contributed by atoms with Crippen LogP contribution in [-0.4, -0.2) is 18.4 Å². The molecule has 0 radical (unpaired) electrons. The Morgan fingerprint density at radius 2 is 1.48 bits per heavy atom. The number of rotatable bonds is 6. The molecule has 134 valence electrons. The second-order valence-corrected chi connectivity index (χ2v) is 8.63. The van der Waals surface area contributed by atoms with E-state index >= 15 is 0 Å². The van der Waals surface area contributed by atoms with E-state index in [9.17, 15) is 9.59 Å². The van der Waals surface area contributed by atoms with Crippen LogP contribution in [0.1, 0.15) is 50.5 Å². The highest BCUT2D eigenvalue weighted by molar-refractivity contribution is 5.84. The summed E-state index contributed by atoms with van der Waals surface area (Å²) in [5.74, 6) is 2.49. The molecule has 4 nitrogen and oxygen atoms in total. The van der Waals surface area contributed by atoms with Crippen molar-refractivity contribution in [1.82, 2.24) is 10.6 Å². The maximum absolute atomic E-state index is 12.4. The zero-order valence-electron chi connectivity index (χ0n) is 14.8. The minimum atomic E-state index is -0.122. The predicted molar refractivity (Wildman–Crippen MR) is 96.5 cm³/mol. The Morgan fingerprint density at radius 1 is 0.880 bits per heavy atom. The molecule has 0 unspecified atom stereocenters. The van der Waals surface area contributed by atoms with Gasteiger partial charge in [0.05, 0.1) is 6.54 Å². The van der Waals surface area contributed by atoms with Gasteiger partial charge in [0.15, 0.2) is 0 Å². The van der Waals surface area contributed by atoms with Crippen molar-refractivity contribution >= 4 is 11.8 Å². The topological polar surface area (TPSA) is 58.2 Å². The minimum Gasteiger partial charge on any atom is -0.350 e. The van der Waals surface area contributed by atoms with Crippen molar-refractivity contribution in [2.75, 3.05) is 6.54 Å². The molecule has 1 aromatic rings. The fraction of sp³-hybridized carbons (Fsp3) is 0.619. The van der Waals surface area contributed by atoms with Crippen LogP contribution in [0, 0.1) is 23.2 Å². The lowest BCUT2D eigenvalue weighted by Crippen LogP contribution is -2.48. The molecule has 0 atom stereocenters. The van der Waals surface area contributed by atoms with Crippen LogP contribution in [0.5, 0.6) is 0 Å². The Kier molecular flexibility index (Phi) is 4.53. The third-order valence-corrected chi connectivity index (χ3v) is 6.48. The molecule has 1 aromatic carbocycles. The second kappa shape index (κ2) is 6.81. The molecule has 4 saturated carbocycles. The monoisotopic (exact) mass is 340 g/mol. The summed E-state index contributed by atoms with van der Waals surface area (Å²) >= 11 is 0. The first kappa shape index (κ1) is 16.6. The number of carbonyl (C=O) groups is 2. The van der Waals surface area contributed by atoms with E-state index in [1.165, 1.54) is 38.5 Å². The summed E-state index contributed by atoms with van der Waals surface area (Å²) in [6.07, 6.45) is 8.47. The smallest absolute Gasteiger partial charge is 0.239 e. The van der Waals surface area contributed by atoms with Crippen LogP contribution >= 0.6 is 0 Å². The molecule has 0 saturated heterocycles. The first-order valence-electron chi connectivity index (χ1n) is 9.68. The van der Waals surface area contributed by atoms with Gasteiger partial charge in [-0.05, 0) is 67.3 Å². The van der Waals surface area contributed by atoms with Gasteiger partial charge in [-0.2, -0.15) is 0 Å². The lowest BCUT2D eigenvalue weighted by atomic mass is 9.49. The van der Waals surface area contributed by atoms with Crippen molar-refractivity contribution in [2.24, 2.45) is 23.2 Å². The van der Waals surface area contributed by atoms with E-state index in [-0.39, 0.29) is 23.8 Å². The number of hydrogen-bond donors (Lipinski definition) is 2. The lowest BCUT2D eigenvalue weighted by molar-refractivity contribution is -0.131. The quantitative estimate of drug-likeness (QED) is 0.836. The summed E-state index contributed by atoms with van der Waals surface area (Å²) in [6, 6.07) is 9.82. The van der Waals surface area contributed by atoms with Gasteiger partial charge >= 0.3 is 0 Å². The van der Waals surface area contributed by atoms with Crippen LogP contribution in [0.15, 0.2) is 30.3 Å². The molecular weight excluding hydrogens is 312 g/mol. The Hall–Kier alpha value is -1.84. The lowest BCUT2D eigenvalue weighted by Gasteiger charge is -2.56. The summed E-state index contributed by atoms with van der Waals surface area (Å²) in [4.78, 5) is 24.4. The summed E-state index contributed by atoms with van der Waals surface area (Å²) in [7, 11) is 0. The third-order valence-electron chi connectivity index (χ3n) is 6.48. The van der Waals surface area contributed by atoms with Gasteiger partial charge in [0.25, 0.3) is 0 Å². The SMILES string of the molecule is O=C(CNC(=O)CC12CC3CC(CC(C3)C1)C2)NCc1ccccc1. The van der Waals surface area contributed by atoms with E-state index < -0.39 is 0 Å². The maximum Gasteiger partial charge on any atom is 0.239 e. The van der Waals surface area contributed by atoms with E-state index in [0.717, 1.165) is 23.3 Å². The van der Waals surface area contributed by atoms with E-state index in [0.29, 0.717) is 13.0 Å². The molecule has 0 heterocycles. The molecule has 4 bridgehead atoms. The number of hydrogen-bond acceptors (Lipinski definition) is 2. The zero-order valence-corrected chi connectivity index (χ0v) is 14.8. The molecular formula is C21H28N2O2. The van der Waals surface area contributed by atoms with Crippen molar-refractivity contribution in [3.05, 3.63) is 35.9 Å². The second-order valence-electron chi connectivity index (χ2n) is 8.63. The average Bonchev–Trinajstić information content (AvgIpc) is 2.57. The van der Waals surface area contributed by atoms with Gasteiger partial charge in [-0.1, -0.05) is 30.3 Å². The van der Waals surface area contributed by atoms with Gasteiger partial charge in [0.1, 0.15) is 0 Å². The van der Waals surface area contributed by atoms with Crippen molar-refractivity contribution < 1.29 is 9.59 Å². The fourth-order valence-electron chi connectivity index (χ4n) is 5.95. The largest absolute Gasteiger partial charge is 0.350 e. The zero-order chi connectivity index (χ0) is 17.3. The normalized spacial score (nSPS) is 32.4. The third kappa shape index (κ3) is 3.88. The summed E-state index contributed by atoms with van der Waals surface area (Å²) in [5.41, 5.74) is 1.30. The molecule has 0 aliphatic heterocycles. The van der Waals surface area contributed by atoms with Crippen LogP contribution in [0.3, 0.4) is 0 Å². The maximum atomic E-state index is 12.4. The standard InChI is InChI=1S/C21H28N2O2/c24-19(23-14-20(25)22-13-15-4-2-1-3-5-15)12-21-9-16-6-17(10-21)8-18(7-16)11-21/h1-5,16-18H,6-14H2,(H,22,25)(H,23,24). The van der Waals surface area contributed by atoms with Gasteiger partial charge in [0.2, 0.25) is 11.8 Å². The van der Waals surface area contributed by atoms with Crippen molar-refractivity contribution in [3.8, 4) is 0 Å². The van der Waals surface area contributed by atoms with Gasteiger partial charge in [-0.3, -0.25) is 9.59 Å². The molecule has 25 heavy (non-hydrogen) atoms. The van der Waals surface area contributed by atoms with Gasteiger partial charge < -0.3 is 10.6 Å². The average molecular weight is 340 g/mol. The highest BCUT2D eigenvalue weighted by Crippen LogP contribution is 2.61. The number of nitrogens with one attached hydrogen (secondary N) is 2. The minimum absolute atomic E-state index is 0.0526. The Bertz CT molecular complexity index is 605.